The average Bonchev–Trinajstić information content (AvgIpc) is 3.67. The molecule has 0 spiro atoms. The number of hydrogen-bond acceptors (Lipinski definition) is 2. The molecule has 8 aromatic rings. The molecule has 0 fully saturated rings. The Morgan fingerprint density at radius 3 is 1.82 bits per heavy atom. The lowest BCUT2D eigenvalue weighted by molar-refractivity contribution is 0.590. The van der Waals surface area contributed by atoms with Gasteiger partial charge < -0.3 is 14.3 Å². The van der Waals surface area contributed by atoms with Gasteiger partial charge in [-0.2, -0.15) is 0 Å². The van der Waals surface area contributed by atoms with Crippen LogP contribution in [-0.2, 0) is 10.8 Å². The SMILES string of the molecule is Cc1cc2c3c(c1)-c1cc(C(C)(C)C)cc4c1N(B3c1cc3c5ccccc5n(-c5ccccc5)c3cc1-2)c1ccc(C(C)(C)C)cc1N4c1ccccc1. The quantitative estimate of drug-likeness (QED) is 0.166. The van der Waals surface area contributed by atoms with Crippen molar-refractivity contribution in [1.29, 1.82) is 0 Å². The van der Waals surface area contributed by atoms with Crippen LogP contribution in [0.15, 0.2) is 140 Å². The summed E-state index contributed by atoms with van der Waals surface area (Å²) in [5, 5.41) is 2.58. The van der Waals surface area contributed by atoms with E-state index in [1.165, 1.54) is 106 Å². The summed E-state index contributed by atoms with van der Waals surface area (Å²) in [5.41, 5.74) is 21.9. The van der Waals surface area contributed by atoms with E-state index in [2.05, 4.69) is 202 Å². The van der Waals surface area contributed by atoms with Gasteiger partial charge in [-0.3, -0.25) is 0 Å². The molecule has 7 aromatic carbocycles. The second kappa shape index (κ2) is 11.0. The highest BCUT2D eigenvalue weighted by atomic mass is 15.3. The second-order valence-electron chi connectivity index (χ2n) is 18.0. The van der Waals surface area contributed by atoms with Crippen LogP contribution in [0.1, 0.15) is 58.2 Å². The fourth-order valence-corrected chi connectivity index (χ4v) is 9.74. The molecule has 0 amide bonds. The Morgan fingerprint density at radius 2 is 1.11 bits per heavy atom. The van der Waals surface area contributed by atoms with Crippen LogP contribution in [-0.4, -0.2) is 11.4 Å². The Balaban J connectivity index is 1.28. The molecule has 0 radical (unpaired) electrons. The van der Waals surface area contributed by atoms with Gasteiger partial charge in [-0.05, 0) is 123 Å². The van der Waals surface area contributed by atoms with Gasteiger partial charge in [0.25, 0.3) is 0 Å². The van der Waals surface area contributed by atoms with Crippen molar-refractivity contribution in [3.8, 4) is 27.9 Å². The Morgan fingerprint density at radius 1 is 0.473 bits per heavy atom. The van der Waals surface area contributed by atoms with Gasteiger partial charge in [0.05, 0.1) is 33.8 Å². The lowest BCUT2D eigenvalue weighted by Gasteiger charge is -2.47. The molecule has 3 aliphatic heterocycles. The van der Waals surface area contributed by atoms with Crippen LogP contribution < -0.4 is 20.6 Å². The van der Waals surface area contributed by atoms with E-state index >= 15 is 0 Å². The van der Waals surface area contributed by atoms with Gasteiger partial charge in [-0.15, -0.1) is 0 Å². The molecular formula is C51H44BN3. The zero-order valence-electron chi connectivity index (χ0n) is 32.7. The third-order valence-corrected chi connectivity index (χ3v) is 12.4. The van der Waals surface area contributed by atoms with E-state index in [0.717, 1.165) is 0 Å². The number of anilines is 5. The summed E-state index contributed by atoms with van der Waals surface area (Å²) in [6.07, 6.45) is 0. The summed E-state index contributed by atoms with van der Waals surface area (Å²) in [5.74, 6) is 0. The summed E-state index contributed by atoms with van der Waals surface area (Å²) < 4.78 is 2.46. The monoisotopic (exact) mass is 709 g/mol. The van der Waals surface area contributed by atoms with Crippen LogP contribution in [0.25, 0.3) is 49.7 Å². The third-order valence-electron chi connectivity index (χ3n) is 12.4. The minimum atomic E-state index is -0.0475. The maximum absolute atomic E-state index is 2.72. The number of aromatic nitrogens is 1. The van der Waals surface area contributed by atoms with Gasteiger partial charge in [0.2, 0.25) is 0 Å². The molecule has 0 N–H and O–H groups in total. The molecule has 3 aliphatic rings. The second-order valence-corrected chi connectivity index (χ2v) is 18.0. The van der Waals surface area contributed by atoms with Gasteiger partial charge in [-0.1, -0.05) is 120 Å². The minimum absolute atomic E-state index is 0.00614. The van der Waals surface area contributed by atoms with Gasteiger partial charge in [0.1, 0.15) is 0 Å². The van der Waals surface area contributed by atoms with E-state index in [-0.39, 0.29) is 17.7 Å². The molecule has 0 saturated carbocycles. The van der Waals surface area contributed by atoms with Crippen molar-refractivity contribution in [2.24, 2.45) is 0 Å². The first-order valence-corrected chi connectivity index (χ1v) is 19.7. The van der Waals surface area contributed by atoms with Crippen molar-refractivity contribution in [2.45, 2.75) is 59.3 Å². The number of rotatable bonds is 2. The number of para-hydroxylation sites is 3. The van der Waals surface area contributed by atoms with Crippen LogP contribution >= 0.6 is 0 Å². The Bertz CT molecular complexity index is 2910. The smallest absolute Gasteiger partial charge is 0.330 e. The third kappa shape index (κ3) is 4.52. The first-order valence-electron chi connectivity index (χ1n) is 19.7. The predicted octanol–water partition coefficient (Wildman–Crippen LogP) is 12.4. The van der Waals surface area contributed by atoms with Crippen molar-refractivity contribution in [3.05, 3.63) is 156 Å². The van der Waals surface area contributed by atoms with Crippen LogP contribution in [0.5, 0.6) is 0 Å². The molecule has 4 heterocycles. The molecule has 4 heteroatoms. The lowest BCUT2D eigenvalue weighted by atomic mass is 9.47. The molecule has 0 atom stereocenters. The maximum Gasteiger partial charge on any atom is 0.330 e. The molecular weight excluding hydrogens is 665 g/mol. The molecule has 0 aliphatic carbocycles. The zero-order chi connectivity index (χ0) is 37.5. The van der Waals surface area contributed by atoms with Crippen molar-refractivity contribution in [3.63, 3.8) is 0 Å². The first kappa shape index (κ1) is 32.4. The highest BCUT2D eigenvalue weighted by Crippen LogP contribution is 2.59. The maximum atomic E-state index is 2.72. The van der Waals surface area contributed by atoms with E-state index in [1.54, 1.807) is 0 Å². The largest absolute Gasteiger partial charge is 0.373 e. The number of benzene rings is 7. The summed E-state index contributed by atoms with van der Waals surface area (Å²) in [6.45, 7) is 16.3. The van der Waals surface area contributed by atoms with E-state index in [4.69, 9.17) is 0 Å². The zero-order valence-corrected chi connectivity index (χ0v) is 32.7. The molecule has 0 saturated heterocycles. The van der Waals surface area contributed by atoms with Crippen molar-refractivity contribution < 1.29 is 0 Å². The summed E-state index contributed by atoms with van der Waals surface area (Å²) in [4.78, 5) is 5.26. The fourth-order valence-electron chi connectivity index (χ4n) is 9.74. The number of fused-ring (bicyclic) bond motifs is 10. The van der Waals surface area contributed by atoms with Gasteiger partial charge in [0, 0.05) is 27.7 Å². The van der Waals surface area contributed by atoms with Crippen molar-refractivity contribution in [1.82, 2.24) is 4.57 Å². The normalized spacial score (nSPS) is 14.0. The number of nitrogens with zero attached hydrogens (tertiary/aromatic N) is 3. The summed E-state index contributed by atoms with van der Waals surface area (Å²) in [7, 11) is 0. The number of hydrogen-bond donors (Lipinski definition) is 0. The molecule has 266 valence electrons. The Hall–Kier alpha value is -6.00. The van der Waals surface area contributed by atoms with E-state index in [1.807, 2.05) is 0 Å². The highest BCUT2D eigenvalue weighted by Gasteiger charge is 2.49. The van der Waals surface area contributed by atoms with Gasteiger partial charge in [-0.25, -0.2) is 0 Å². The van der Waals surface area contributed by atoms with Crippen LogP contribution in [0.2, 0.25) is 0 Å². The Kier molecular flexibility index (Phi) is 6.51. The summed E-state index contributed by atoms with van der Waals surface area (Å²) >= 11 is 0. The highest BCUT2D eigenvalue weighted by molar-refractivity contribution is 6.95. The van der Waals surface area contributed by atoms with E-state index < -0.39 is 0 Å². The fraction of sp³-hybridized carbons (Fsp3) is 0.176. The lowest BCUT2D eigenvalue weighted by Crippen LogP contribution is -2.56. The van der Waals surface area contributed by atoms with Crippen LogP contribution in [0.4, 0.5) is 28.4 Å². The number of aryl methyl sites for hydroxylation is 1. The van der Waals surface area contributed by atoms with Gasteiger partial charge in [0.15, 0.2) is 0 Å². The van der Waals surface area contributed by atoms with E-state index in [0.29, 0.717) is 0 Å². The molecule has 55 heavy (non-hydrogen) atoms. The average molecular weight is 710 g/mol. The standard InChI is InChI=1S/C51H44BN3/c1-31-24-39-37-30-45-38(36-20-14-15-21-43(36)53(45)34-16-10-8-11-17-34)29-42(37)52-48(39)40(25-31)41-26-33(51(5,6)7)28-47-49(41)55(52)44-23-22-32(50(2,3)4)27-46(44)54(47)35-18-12-9-13-19-35/h8-30H,1-7H3. The molecule has 1 aromatic heterocycles. The van der Waals surface area contributed by atoms with Crippen molar-refractivity contribution >= 4 is 68.0 Å². The molecule has 3 nitrogen and oxygen atoms in total. The van der Waals surface area contributed by atoms with Crippen LogP contribution in [0, 0.1) is 6.92 Å². The molecule has 11 rings (SSSR count). The molecule has 0 bridgehead atoms. The topological polar surface area (TPSA) is 11.4 Å². The van der Waals surface area contributed by atoms with Crippen LogP contribution in [0.3, 0.4) is 0 Å². The molecule has 0 unspecified atom stereocenters. The van der Waals surface area contributed by atoms with Gasteiger partial charge >= 0.3 is 6.85 Å². The van der Waals surface area contributed by atoms with E-state index in [9.17, 15) is 0 Å². The predicted molar refractivity (Wildman–Crippen MR) is 236 cm³/mol. The minimum Gasteiger partial charge on any atom is -0.373 e. The first-order chi connectivity index (χ1) is 26.5. The summed E-state index contributed by atoms with van der Waals surface area (Å²) in [6, 6.07) is 52.9. The van der Waals surface area contributed by atoms with Crippen molar-refractivity contribution in [2.75, 3.05) is 9.71 Å². The Labute approximate surface area is 324 Å².